The molecule has 0 bridgehead atoms. The molecule has 0 spiro atoms. The van der Waals surface area contributed by atoms with Gasteiger partial charge in [-0.1, -0.05) is 18.2 Å². The summed E-state index contributed by atoms with van der Waals surface area (Å²) in [6.45, 7) is 8.87. The van der Waals surface area contributed by atoms with E-state index >= 15 is 0 Å². The zero-order chi connectivity index (χ0) is 23.9. The van der Waals surface area contributed by atoms with Gasteiger partial charge in [0.15, 0.2) is 17.5 Å². The predicted molar refractivity (Wildman–Crippen MR) is 139 cm³/mol. The second kappa shape index (κ2) is 11.5. The molecule has 4 rings (SSSR count). The van der Waals surface area contributed by atoms with Gasteiger partial charge >= 0.3 is 0 Å². The van der Waals surface area contributed by atoms with Crippen molar-refractivity contribution >= 4 is 29.5 Å². The molecule has 34 heavy (non-hydrogen) atoms. The highest BCUT2D eigenvalue weighted by molar-refractivity contribution is 5.79. The number of piperazine rings is 1. The number of ether oxygens (including phenoxy) is 2. The highest BCUT2D eigenvalue weighted by Crippen LogP contribution is 2.31. The van der Waals surface area contributed by atoms with E-state index in [2.05, 4.69) is 33.7 Å². The molecule has 9 heteroatoms. The minimum atomic E-state index is 0.658. The van der Waals surface area contributed by atoms with Gasteiger partial charge in [0.25, 0.3) is 0 Å². The molecule has 2 saturated heterocycles. The number of benzene rings is 1. The minimum Gasteiger partial charge on any atom is -0.497 e. The number of hydrogen-bond donors (Lipinski definition) is 1. The second-order valence-electron chi connectivity index (χ2n) is 8.98. The lowest BCUT2D eigenvalue weighted by Gasteiger charge is -2.37. The number of rotatable bonds is 8. The van der Waals surface area contributed by atoms with Crippen molar-refractivity contribution in [2.24, 2.45) is 0 Å². The molecular formula is C25H37N7O2. The van der Waals surface area contributed by atoms with Gasteiger partial charge in [0.1, 0.15) is 11.4 Å². The van der Waals surface area contributed by atoms with Gasteiger partial charge < -0.3 is 29.9 Å². The summed E-state index contributed by atoms with van der Waals surface area (Å²) in [6.07, 6.45) is 3.99. The Morgan fingerprint density at radius 2 is 1.56 bits per heavy atom. The van der Waals surface area contributed by atoms with Crippen LogP contribution in [0.2, 0.25) is 0 Å². The molecule has 2 aliphatic rings. The molecular weight excluding hydrogens is 430 g/mol. The van der Waals surface area contributed by atoms with Crippen molar-refractivity contribution in [3.05, 3.63) is 35.7 Å². The van der Waals surface area contributed by atoms with Gasteiger partial charge in [-0.25, -0.2) is 9.97 Å². The van der Waals surface area contributed by atoms with Crippen LogP contribution in [0.3, 0.4) is 0 Å². The fraction of sp³-hybridized carbons (Fsp3) is 0.520. The Hall–Kier alpha value is -2.88. The number of hydrogen-bond acceptors (Lipinski definition) is 9. The van der Waals surface area contributed by atoms with Crippen molar-refractivity contribution < 1.29 is 9.47 Å². The summed E-state index contributed by atoms with van der Waals surface area (Å²) in [5.74, 6) is 3.13. The second-order valence-corrected chi connectivity index (χ2v) is 8.98. The van der Waals surface area contributed by atoms with E-state index < -0.39 is 0 Å². The van der Waals surface area contributed by atoms with E-state index in [4.69, 9.17) is 25.2 Å². The summed E-state index contributed by atoms with van der Waals surface area (Å²) in [7, 11) is 5.90. The molecule has 0 atom stereocenters. The molecule has 2 aliphatic heterocycles. The van der Waals surface area contributed by atoms with E-state index in [1.807, 2.05) is 36.4 Å². The van der Waals surface area contributed by atoms with Crippen LogP contribution in [0.25, 0.3) is 12.2 Å². The molecule has 9 nitrogen and oxygen atoms in total. The van der Waals surface area contributed by atoms with Crippen LogP contribution in [0, 0.1) is 0 Å². The van der Waals surface area contributed by atoms with Gasteiger partial charge in [-0.15, -0.1) is 0 Å². The maximum Gasteiger partial charge on any atom is 0.158 e. The zero-order valence-electron chi connectivity index (χ0n) is 20.6. The summed E-state index contributed by atoms with van der Waals surface area (Å²) < 4.78 is 10.8. The van der Waals surface area contributed by atoms with Crippen LogP contribution in [-0.2, 0) is 4.74 Å². The van der Waals surface area contributed by atoms with Crippen LogP contribution < -0.4 is 20.3 Å². The molecule has 2 fully saturated rings. The Bertz CT molecular complexity index is 950. The molecule has 0 aliphatic carbocycles. The molecule has 2 aromatic rings. The Balaban J connectivity index is 1.56. The molecule has 1 aromatic heterocycles. The predicted octanol–water partition coefficient (Wildman–Crippen LogP) is 1.76. The summed E-state index contributed by atoms with van der Waals surface area (Å²) >= 11 is 0. The largest absolute Gasteiger partial charge is 0.497 e. The third kappa shape index (κ3) is 6.16. The van der Waals surface area contributed by atoms with Gasteiger partial charge in [-0.2, -0.15) is 0 Å². The van der Waals surface area contributed by atoms with Gasteiger partial charge in [0.05, 0.1) is 20.3 Å². The number of nitrogens with two attached hydrogens (primary N) is 1. The molecule has 3 heterocycles. The van der Waals surface area contributed by atoms with Gasteiger partial charge in [-0.3, -0.25) is 4.90 Å². The number of likely N-dealkylation sites (N-methyl/N-ethyl adjacent to an activating group) is 1. The number of aromatic nitrogens is 2. The van der Waals surface area contributed by atoms with Crippen molar-refractivity contribution in [2.75, 3.05) is 102 Å². The van der Waals surface area contributed by atoms with E-state index in [1.165, 1.54) is 0 Å². The number of morpholine rings is 1. The Morgan fingerprint density at radius 3 is 2.15 bits per heavy atom. The lowest BCUT2D eigenvalue weighted by molar-refractivity contribution is 0.122. The minimum absolute atomic E-state index is 0.658. The van der Waals surface area contributed by atoms with Crippen LogP contribution in [0.4, 0.5) is 17.3 Å². The molecule has 0 amide bonds. The highest BCUT2D eigenvalue weighted by atomic mass is 16.5. The van der Waals surface area contributed by atoms with Crippen molar-refractivity contribution in [2.45, 2.75) is 0 Å². The fourth-order valence-corrected chi connectivity index (χ4v) is 4.20. The first-order chi connectivity index (χ1) is 16.5. The molecule has 0 unspecified atom stereocenters. The van der Waals surface area contributed by atoms with Gasteiger partial charge in [0, 0.05) is 52.4 Å². The van der Waals surface area contributed by atoms with Crippen molar-refractivity contribution in [3.63, 3.8) is 0 Å². The Kier molecular flexibility index (Phi) is 8.21. The average molecular weight is 468 g/mol. The summed E-state index contributed by atoms with van der Waals surface area (Å²) in [5.41, 5.74) is 8.40. The number of nitrogens with zero attached hydrogens (tertiary/aromatic N) is 6. The summed E-state index contributed by atoms with van der Waals surface area (Å²) in [4.78, 5) is 19.0. The number of methoxy groups -OCH3 is 1. The van der Waals surface area contributed by atoms with Crippen molar-refractivity contribution in [1.29, 1.82) is 0 Å². The Morgan fingerprint density at radius 1 is 0.941 bits per heavy atom. The third-order valence-electron chi connectivity index (χ3n) is 6.31. The van der Waals surface area contributed by atoms with Crippen LogP contribution >= 0.6 is 0 Å². The van der Waals surface area contributed by atoms with E-state index in [9.17, 15) is 0 Å². The third-order valence-corrected chi connectivity index (χ3v) is 6.31. The first kappa shape index (κ1) is 24.3. The molecule has 2 N–H and O–H groups in total. The highest BCUT2D eigenvalue weighted by Gasteiger charge is 2.25. The van der Waals surface area contributed by atoms with E-state index in [0.29, 0.717) is 24.7 Å². The zero-order valence-corrected chi connectivity index (χ0v) is 20.6. The standard InChI is InChI=1S/C25H37N7O2/c1-29(2)10-11-30-12-14-31(15-13-30)24-23(26)25(32-16-18-34-19-17-32)28-22(27-24)9-6-20-4-7-21(33-3)8-5-20/h4-9H,10-19,26H2,1-3H3/b9-6+. The van der Waals surface area contributed by atoms with Crippen molar-refractivity contribution in [1.82, 2.24) is 19.8 Å². The van der Waals surface area contributed by atoms with E-state index in [1.54, 1.807) is 7.11 Å². The van der Waals surface area contributed by atoms with Crippen molar-refractivity contribution in [3.8, 4) is 5.75 Å². The SMILES string of the molecule is COc1ccc(/C=C/c2nc(N3CCOCC3)c(N)c(N3CCN(CCN(C)C)CC3)n2)cc1. The molecule has 0 radical (unpaired) electrons. The van der Waals surface area contributed by atoms with Crippen LogP contribution in [0.1, 0.15) is 11.4 Å². The maximum atomic E-state index is 6.68. The number of anilines is 3. The number of nitrogen functional groups attached to an aromatic ring is 1. The quantitative estimate of drug-likeness (QED) is 0.624. The van der Waals surface area contributed by atoms with Crippen LogP contribution in [0.15, 0.2) is 24.3 Å². The smallest absolute Gasteiger partial charge is 0.158 e. The lowest BCUT2D eigenvalue weighted by Crippen LogP contribution is -2.48. The van der Waals surface area contributed by atoms with Gasteiger partial charge in [0.2, 0.25) is 0 Å². The summed E-state index contributed by atoms with van der Waals surface area (Å²) in [5, 5.41) is 0. The van der Waals surface area contributed by atoms with Gasteiger partial charge in [-0.05, 0) is 37.9 Å². The van der Waals surface area contributed by atoms with Crippen LogP contribution in [0.5, 0.6) is 5.75 Å². The maximum absolute atomic E-state index is 6.68. The monoisotopic (exact) mass is 467 g/mol. The first-order valence-electron chi connectivity index (χ1n) is 12.0. The molecule has 184 valence electrons. The normalized spacial score (nSPS) is 17.6. The molecule has 1 aromatic carbocycles. The molecule has 0 saturated carbocycles. The fourth-order valence-electron chi connectivity index (χ4n) is 4.20. The van der Waals surface area contributed by atoms with Crippen LogP contribution in [-0.4, -0.2) is 107 Å². The first-order valence-corrected chi connectivity index (χ1v) is 12.0. The summed E-state index contributed by atoms with van der Waals surface area (Å²) in [6, 6.07) is 7.93. The topological polar surface area (TPSA) is 83.2 Å². The lowest BCUT2D eigenvalue weighted by atomic mass is 10.2. The van der Waals surface area contributed by atoms with E-state index in [-0.39, 0.29) is 0 Å². The van der Waals surface area contributed by atoms with E-state index in [0.717, 1.165) is 75.3 Å². The Labute approximate surface area is 202 Å². The average Bonchev–Trinajstić information content (AvgIpc) is 2.88.